The third-order valence-corrected chi connectivity index (χ3v) is 3.67. The largest absolute Gasteiger partial charge is 0.386 e. The first-order valence-electron chi connectivity index (χ1n) is 5.24. The lowest BCUT2D eigenvalue weighted by Gasteiger charge is -2.45. The van der Waals surface area contributed by atoms with Crippen molar-refractivity contribution in [2.45, 2.75) is 38.4 Å². The van der Waals surface area contributed by atoms with Gasteiger partial charge in [-0.05, 0) is 26.7 Å². The molecule has 1 N–H and O–H groups in total. The van der Waals surface area contributed by atoms with Crippen LogP contribution in [-0.2, 0) is 9.47 Å². The maximum absolute atomic E-state index is 10.5. The molecule has 4 nitrogen and oxygen atoms in total. The molecule has 0 radical (unpaired) electrons. The van der Waals surface area contributed by atoms with Crippen molar-refractivity contribution in [1.29, 1.82) is 5.26 Å². The Hall–Kier alpha value is -0.630. The molecule has 1 aliphatic heterocycles. The van der Waals surface area contributed by atoms with Crippen LogP contribution in [0.5, 0.6) is 0 Å². The molecule has 0 bridgehead atoms. The molecule has 4 heteroatoms. The summed E-state index contributed by atoms with van der Waals surface area (Å²) in [5, 5.41) is 19.8. The van der Waals surface area contributed by atoms with Crippen LogP contribution >= 0.6 is 0 Å². The van der Waals surface area contributed by atoms with Gasteiger partial charge in [0.15, 0.2) is 0 Å². The van der Waals surface area contributed by atoms with Crippen LogP contribution < -0.4 is 0 Å². The minimum absolute atomic E-state index is 0.366. The zero-order valence-electron chi connectivity index (χ0n) is 9.62. The maximum atomic E-state index is 10.5. The molecule has 15 heavy (non-hydrogen) atoms. The van der Waals surface area contributed by atoms with E-state index < -0.39 is 11.0 Å². The Morgan fingerprint density at radius 3 is 2.47 bits per heavy atom. The molecule has 0 amide bonds. The molecule has 1 fully saturated rings. The highest BCUT2D eigenvalue weighted by Crippen LogP contribution is 2.42. The molecule has 0 saturated carbocycles. The number of methoxy groups -OCH3 is 1. The van der Waals surface area contributed by atoms with Gasteiger partial charge in [0.1, 0.15) is 5.60 Å². The molecular weight excluding hydrogens is 194 g/mol. The van der Waals surface area contributed by atoms with Crippen LogP contribution in [0.3, 0.4) is 0 Å². The minimum Gasteiger partial charge on any atom is -0.386 e. The van der Waals surface area contributed by atoms with Crippen molar-refractivity contribution in [2.75, 3.05) is 20.3 Å². The van der Waals surface area contributed by atoms with E-state index in [1.165, 1.54) is 0 Å². The average molecular weight is 213 g/mol. The van der Waals surface area contributed by atoms with E-state index in [4.69, 9.17) is 9.47 Å². The summed E-state index contributed by atoms with van der Waals surface area (Å²) < 4.78 is 10.4. The van der Waals surface area contributed by atoms with Crippen LogP contribution in [0.15, 0.2) is 0 Å². The van der Waals surface area contributed by atoms with Crippen molar-refractivity contribution >= 4 is 0 Å². The molecular formula is C11H19NO3. The first kappa shape index (κ1) is 12.4. The fourth-order valence-electron chi connectivity index (χ4n) is 2.07. The molecule has 1 aliphatic rings. The van der Waals surface area contributed by atoms with E-state index in [0.29, 0.717) is 26.1 Å². The predicted molar refractivity (Wildman–Crippen MR) is 55.2 cm³/mol. The van der Waals surface area contributed by atoms with Crippen LogP contribution in [-0.4, -0.2) is 37.1 Å². The van der Waals surface area contributed by atoms with Gasteiger partial charge in [0.25, 0.3) is 0 Å². The van der Waals surface area contributed by atoms with Crippen molar-refractivity contribution in [3.63, 3.8) is 0 Å². The number of aliphatic hydroxyl groups is 1. The van der Waals surface area contributed by atoms with E-state index in [0.717, 1.165) is 0 Å². The molecule has 1 rings (SSSR count). The van der Waals surface area contributed by atoms with Crippen LogP contribution in [0, 0.1) is 16.7 Å². The number of hydrogen-bond donors (Lipinski definition) is 1. The SMILES string of the molecule is COC(C)C(C)(O)C1(C#N)CCOCC1. The number of ether oxygens (including phenoxy) is 2. The lowest BCUT2D eigenvalue weighted by molar-refractivity contribution is -0.157. The van der Waals surface area contributed by atoms with Gasteiger partial charge < -0.3 is 14.6 Å². The van der Waals surface area contributed by atoms with Crippen LogP contribution in [0.1, 0.15) is 26.7 Å². The van der Waals surface area contributed by atoms with Gasteiger partial charge in [-0.1, -0.05) is 0 Å². The van der Waals surface area contributed by atoms with Crippen LogP contribution in [0.2, 0.25) is 0 Å². The molecule has 0 aromatic carbocycles. The Bertz CT molecular complexity index is 251. The maximum Gasteiger partial charge on any atom is 0.106 e. The van der Waals surface area contributed by atoms with Crippen molar-refractivity contribution in [3.05, 3.63) is 0 Å². The summed E-state index contributed by atoms with van der Waals surface area (Å²) in [5.41, 5.74) is -1.89. The molecule has 86 valence electrons. The first-order valence-corrected chi connectivity index (χ1v) is 5.24. The van der Waals surface area contributed by atoms with Gasteiger partial charge in [-0.2, -0.15) is 5.26 Å². The van der Waals surface area contributed by atoms with E-state index in [1.54, 1.807) is 21.0 Å². The van der Waals surface area contributed by atoms with E-state index in [2.05, 4.69) is 6.07 Å². The number of hydrogen-bond acceptors (Lipinski definition) is 4. The Morgan fingerprint density at radius 2 is 2.07 bits per heavy atom. The Balaban J connectivity index is 2.94. The van der Waals surface area contributed by atoms with Gasteiger partial charge in [-0.3, -0.25) is 0 Å². The normalized spacial score (nSPS) is 26.3. The number of nitriles is 1. The smallest absolute Gasteiger partial charge is 0.106 e. The van der Waals surface area contributed by atoms with Crippen LogP contribution in [0.4, 0.5) is 0 Å². The second-order valence-electron chi connectivity index (χ2n) is 4.33. The van der Waals surface area contributed by atoms with E-state index in [-0.39, 0.29) is 6.10 Å². The second kappa shape index (κ2) is 4.48. The monoisotopic (exact) mass is 213 g/mol. The second-order valence-corrected chi connectivity index (χ2v) is 4.33. The van der Waals surface area contributed by atoms with Gasteiger partial charge in [0.05, 0.1) is 17.6 Å². The Morgan fingerprint density at radius 1 is 1.53 bits per heavy atom. The number of rotatable bonds is 3. The standard InChI is InChI=1S/C11H19NO3/c1-9(14-3)10(2,13)11(8-12)4-6-15-7-5-11/h9,13H,4-7H2,1-3H3. The van der Waals surface area contributed by atoms with Crippen LogP contribution in [0.25, 0.3) is 0 Å². The molecule has 0 aromatic rings. The summed E-state index contributed by atoms with van der Waals surface area (Å²) in [6.45, 7) is 4.52. The highest BCUT2D eigenvalue weighted by Gasteiger charge is 2.51. The first-order chi connectivity index (χ1) is 7.00. The highest BCUT2D eigenvalue weighted by molar-refractivity contribution is 5.12. The molecule has 0 aromatic heterocycles. The van der Waals surface area contributed by atoms with E-state index in [1.807, 2.05) is 0 Å². The molecule has 1 saturated heterocycles. The van der Waals surface area contributed by atoms with Gasteiger partial charge in [0.2, 0.25) is 0 Å². The zero-order valence-corrected chi connectivity index (χ0v) is 9.62. The summed E-state index contributed by atoms with van der Waals surface area (Å²) in [6.07, 6.45) is 0.754. The minimum atomic E-state index is -1.14. The third kappa shape index (κ3) is 2.00. The van der Waals surface area contributed by atoms with Gasteiger partial charge in [0, 0.05) is 20.3 Å². The molecule has 0 aliphatic carbocycles. The summed E-state index contributed by atoms with van der Waals surface area (Å²) in [5.74, 6) is 0. The van der Waals surface area contributed by atoms with Gasteiger partial charge in [-0.15, -0.1) is 0 Å². The van der Waals surface area contributed by atoms with E-state index >= 15 is 0 Å². The molecule has 0 spiro atoms. The lowest BCUT2D eigenvalue weighted by atomic mass is 9.66. The van der Waals surface area contributed by atoms with Crippen molar-refractivity contribution in [2.24, 2.45) is 5.41 Å². The summed E-state index contributed by atoms with van der Waals surface area (Å²) >= 11 is 0. The quantitative estimate of drug-likeness (QED) is 0.762. The van der Waals surface area contributed by atoms with Crippen molar-refractivity contribution in [1.82, 2.24) is 0 Å². The summed E-state index contributed by atoms with van der Waals surface area (Å²) in [6, 6.07) is 2.26. The fourth-order valence-corrected chi connectivity index (χ4v) is 2.07. The van der Waals surface area contributed by atoms with Gasteiger partial charge >= 0.3 is 0 Å². The fraction of sp³-hybridized carbons (Fsp3) is 0.909. The molecule has 1 heterocycles. The summed E-state index contributed by atoms with van der Waals surface area (Å²) in [7, 11) is 1.55. The molecule has 2 atom stereocenters. The number of nitrogens with zero attached hydrogens (tertiary/aromatic N) is 1. The lowest BCUT2D eigenvalue weighted by Crippen LogP contribution is -2.55. The zero-order chi connectivity index (χ0) is 11.5. The van der Waals surface area contributed by atoms with Crippen molar-refractivity contribution < 1.29 is 14.6 Å². The topological polar surface area (TPSA) is 62.5 Å². The third-order valence-electron chi connectivity index (χ3n) is 3.67. The average Bonchev–Trinajstić information content (AvgIpc) is 2.28. The molecule has 2 unspecified atom stereocenters. The predicted octanol–water partition coefficient (Wildman–Crippen LogP) is 1.09. The van der Waals surface area contributed by atoms with Crippen molar-refractivity contribution in [3.8, 4) is 6.07 Å². The summed E-state index contributed by atoms with van der Waals surface area (Å²) in [4.78, 5) is 0. The van der Waals surface area contributed by atoms with E-state index in [9.17, 15) is 10.4 Å². The Labute approximate surface area is 90.8 Å². The Kier molecular flexibility index (Phi) is 3.72. The van der Waals surface area contributed by atoms with Gasteiger partial charge in [-0.25, -0.2) is 0 Å². The highest BCUT2D eigenvalue weighted by atomic mass is 16.5.